The summed E-state index contributed by atoms with van der Waals surface area (Å²) in [5, 5.41) is 17.6. The van der Waals surface area contributed by atoms with Gasteiger partial charge in [0.25, 0.3) is 0 Å². The number of nitriles is 1. The SMILES string of the molecule is N#Cc1ccccc1[N][N+](=O)[O-]. The van der Waals surface area contributed by atoms with Crippen LogP contribution in [0, 0.1) is 21.4 Å². The van der Waals surface area contributed by atoms with Gasteiger partial charge in [-0.2, -0.15) is 5.26 Å². The molecule has 0 saturated heterocycles. The van der Waals surface area contributed by atoms with E-state index in [1.54, 1.807) is 18.2 Å². The first kappa shape index (κ1) is 8.01. The second-order valence-corrected chi connectivity index (χ2v) is 1.97. The third-order valence-electron chi connectivity index (χ3n) is 1.21. The molecule has 0 aliphatic rings. The molecule has 59 valence electrons. The molecule has 0 amide bonds. The molecule has 0 unspecified atom stereocenters. The smallest absolute Gasteiger partial charge is 0.191 e. The fourth-order valence-corrected chi connectivity index (χ4v) is 0.743. The molecular weight excluding hydrogens is 158 g/mol. The third-order valence-corrected chi connectivity index (χ3v) is 1.21. The minimum absolute atomic E-state index is 0.0880. The van der Waals surface area contributed by atoms with Crippen LogP contribution in [0.15, 0.2) is 24.3 Å². The number of hydrogen-bond donors (Lipinski definition) is 0. The van der Waals surface area contributed by atoms with Gasteiger partial charge in [-0.15, -0.1) is 0 Å². The lowest BCUT2D eigenvalue weighted by molar-refractivity contribution is -0.535. The zero-order chi connectivity index (χ0) is 8.97. The van der Waals surface area contributed by atoms with Gasteiger partial charge in [0.2, 0.25) is 0 Å². The Labute approximate surface area is 68.4 Å². The van der Waals surface area contributed by atoms with Gasteiger partial charge in [0.1, 0.15) is 6.07 Å². The molecular formula is C7H4N3O2. The average Bonchev–Trinajstić information content (AvgIpc) is 2.04. The highest BCUT2D eigenvalue weighted by Gasteiger charge is 2.07. The van der Waals surface area contributed by atoms with Crippen LogP contribution in [0.25, 0.3) is 0 Å². The molecule has 5 heteroatoms. The zero-order valence-corrected chi connectivity index (χ0v) is 5.97. The summed E-state index contributed by atoms with van der Waals surface area (Å²) in [6, 6.07) is 7.90. The Kier molecular flexibility index (Phi) is 2.23. The van der Waals surface area contributed by atoms with E-state index in [1.807, 2.05) is 0 Å². The Bertz CT molecular complexity index is 343. The molecule has 0 saturated carbocycles. The van der Waals surface area contributed by atoms with Crippen LogP contribution < -0.4 is 5.43 Å². The molecule has 0 aliphatic heterocycles. The van der Waals surface area contributed by atoms with E-state index < -0.39 is 5.03 Å². The van der Waals surface area contributed by atoms with Crippen molar-refractivity contribution in [3.8, 4) is 6.07 Å². The van der Waals surface area contributed by atoms with Gasteiger partial charge in [0.15, 0.2) is 10.7 Å². The fourth-order valence-electron chi connectivity index (χ4n) is 0.743. The van der Waals surface area contributed by atoms with Gasteiger partial charge < -0.3 is 0 Å². The second-order valence-electron chi connectivity index (χ2n) is 1.97. The third kappa shape index (κ3) is 1.70. The summed E-state index contributed by atoms with van der Waals surface area (Å²) in [4.78, 5) is 9.97. The van der Waals surface area contributed by atoms with E-state index in [0.717, 1.165) is 0 Å². The summed E-state index contributed by atoms with van der Waals surface area (Å²) in [6.07, 6.45) is 0. The predicted octanol–water partition coefficient (Wildman–Crippen LogP) is 0.986. The molecule has 0 aliphatic carbocycles. The summed E-state index contributed by atoms with van der Waals surface area (Å²) in [7, 11) is 0. The van der Waals surface area contributed by atoms with Crippen molar-refractivity contribution in [2.45, 2.75) is 0 Å². The minimum atomic E-state index is -0.823. The van der Waals surface area contributed by atoms with E-state index in [0.29, 0.717) is 0 Å². The number of nitrogens with zero attached hydrogens (tertiary/aromatic N) is 3. The molecule has 5 nitrogen and oxygen atoms in total. The van der Waals surface area contributed by atoms with E-state index in [-0.39, 0.29) is 11.3 Å². The molecule has 0 aromatic heterocycles. The Morgan fingerprint density at radius 3 is 2.75 bits per heavy atom. The van der Waals surface area contributed by atoms with Crippen molar-refractivity contribution in [1.82, 2.24) is 5.43 Å². The molecule has 1 radical (unpaired) electrons. The van der Waals surface area contributed by atoms with Crippen molar-refractivity contribution < 1.29 is 5.03 Å². The van der Waals surface area contributed by atoms with Crippen LogP contribution >= 0.6 is 0 Å². The van der Waals surface area contributed by atoms with Crippen molar-refractivity contribution in [3.05, 3.63) is 39.9 Å². The van der Waals surface area contributed by atoms with Crippen molar-refractivity contribution in [1.29, 1.82) is 5.26 Å². The van der Waals surface area contributed by atoms with Crippen LogP contribution in [0.1, 0.15) is 5.56 Å². The largest absolute Gasteiger partial charge is 0.233 e. The molecule has 1 aromatic carbocycles. The lowest BCUT2D eigenvalue weighted by atomic mass is 10.2. The summed E-state index contributed by atoms with van der Waals surface area (Å²) >= 11 is 0. The maximum Gasteiger partial charge on any atom is 0.191 e. The van der Waals surface area contributed by atoms with Crippen LogP contribution in [-0.4, -0.2) is 5.03 Å². The fraction of sp³-hybridized carbons (Fsp3) is 0. The number of hydrogen-bond acceptors (Lipinski definition) is 3. The zero-order valence-electron chi connectivity index (χ0n) is 5.97. The standard InChI is InChI=1S/C7H4N3O2/c8-5-6-3-1-2-4-7(6)9-10(11)12/h1-4H. The van der Waals surface area contributed by atoms with Crippen LogP contribution in [0.2, 0.25) is 0 Å². The highest BCUT2D eigenvalue weighted by atomic mass is 16.7. The maximum atomic E-state index is 9.97. The van der Waals surface area contributed by atoms with Crippen molar-refractivity contribution in [2.24, 2.45) is 0 Å². The highest BCUT2D eigenvalue weighted by molar-refractivity contribution is 5.51. The van der Waals surface area contributed by atoms with Crippen molar-refractivity contribution in [2.75, 3.05) is 0 Å². The van der Waals surface area contributed by atoms with E-state index in [4.69, 9.17) is 5.26 Å². The van der Waals surface area contributed by atoms with Crippen LogP contribution in [0.3, 0.4) is 0 Å². The number of nitro groups is 1. The van der Waals surface area contributed by atoms with Gasteiger partial charge in [0.05, 0.1) is 11.0 Å². The molecule has 0 spiro atoms. The molecule has 12 heavy (non-hydrogen) atoms. The minimum Gasteiger partial charge on any atom is -0.233 e. The van der Waals surface area contributed by atoms with Gasteiger partial charge in [-0.1, -0.05) is 12.1 Å². The van der Waals surface area contributed by atoms with Gasteiger partial charge >= 0.3 is 0 Å². The van der Waals surface area contributed by atoms with Gasteiger partial charge in [0, 0.05) is 0 Å². The Hall–Kier alpha value is -2.09. The molecule has 0 bridgehead atoms. The number of rotatable bonds is 2. The molecule has 0 N–H and O–H groups in total. The lowest BCUT2D eigenvalue weighted by Crippen LogP contribution is -2.07. The van der Waals surface area contributed by atoms with Gasteiger partial charge in [-0.25, -0.2) is 10.1 Å². The second kappa shape index (κ2) is 3.34. The monoisotopic (exact) mass is 162 g/mol. The average molecular weight is 162 g/mol. The van der Waals surface area contributed by atoms with Crippen LogP contribution in [0.4, 0.5) is 5.69 Å². The summed E-state index contributed by atoms with van der Waals surface area (Å²) in [6.45, 7) is 0. The molecule has 1 aromatic rings. The van der Waals surface area contributed by atoms with Gasteiger partial charge in [-0.3, -0.25) is 0 Å². The Morgan fingerprint density at radius 1 is 1.50 bits per heavy atom. The number of benzene rings is 1. The van der Waals surface area contributed by atoms with E-state index >= 15 is 0 Å². The van der Waals surface area contributed by atoms with E-state index in [2.05, 4.69) is 5.43 Å². The lowest BCUT2D eigenvalue weighted by Gasteiger charge is -1.93. The van der Waals surface area contributed by atoms with Crippen molar-refractivity contribution >= 4 is 5.69 Å². The first-order chi connectivity index (χ1) is 5.74. The first-order valence-corrected chi connectivity index (χ1v) is 3.09. The molecule has 0 heterocycles. The van der Waals surface area contributed by atoms with E-state index in [1.165, 1.54) is 12.1 Å². The van der Waals surface area contributed by atoms with Gasteiger partial charge in [-0.05, 0) is 12.1 Å². The quantitative estimate of drug-likeness (QED) is 0.480. The first-order valence-electron chi connectivity index (χ1n) is 3.09. The Balaban J connectivity index is 2.99. The summed E-state index contributed by atoms with van der Waals surface area (Å²) in [5.74, 6) is 0. The summed E-state index contributed by atoms with van der Waals surface area (Å²) < 4.78 is 0. The normalized spacial score (nSPS) is 8.58. The van der Waals surface area contributed by atoms with Crippen LogP contribution in [-0.2, 0) is 0 Å². The topological polar surface area (TPSA) is 81.0 Å². The van der Waals surface area contributed by atoms with Crippen molar-refractivity contribution in [3.63, 3.8) is 0 Å². The maximum absolute atomic E-state index is 9.97. The molecule has 1 rings (SSSR count). The molecule has 0 atom stereocenters. The Morgan fingerprint density at radius 2 is 2.17 bits per heavy atom. The molecule has 0 fully saturated rings. The predicted molar refractivity (Wildman–Crippen MR) is 39.9 cm³/mol. The van der Waals surface area contributed by atoms with E-state index in [9.17, 15) is 10.1 Å². The highest BCUT2D eigenvalue weighted by Crippen LogP contribution is 2.12. The van der Waals surface area contributed by atoms with Crippen LogP contribution in [0.5, 0.6) is 0 Å². The summed E-state index contributed by atoms with van der Waals surface area (Å²) in [5.41, 5.74) is 3.32.